The van der Waals surface area contributed by atoms with Crippen molar-refractivity contribution in [2.24, 2.45) is 0 Å². The minimum absolute atomic E-state index is 0.481. The lowest BCUT2D eigenvalue weighted by atomic mass is 10.1. The van der Waals surface area contributed by atoms with E-state index >= 15 is 0 Å². The fourth-order valence-electron chi connectivity index (χ4n) is 2.64. The van der Waals surface area contributed by atoms with Crippen LogP contribution in [0.3, 0.4) is 0 Å². The van der Waals surface area contributed by atoms with Crippen LogP contribution in [0, 0.1) is 13.8 Å². The summed E-state index contributed by atoms with van der Waals surface area (Å²) in [6.45, 7) is 9.67. The molecule has 0 amide bonds. The van der Waals surface area contributed by atoms with Gasteiger partial charge in [0.05, 0.1) is 13.2 Å². The highest BCUT2D eigenvalue weighted by Gasteiger charge is 2.09. The number of anilines is 1. The number of rotatable bonds is 5. The molecule has 0 aliphatic carbocycles. The first-order valence-electron chi connectivity index (χ1n) is 8.53. The molecule has 1 saturated heterocycles. The van der Waals surface area contributed by atoms with Crippen LogP contribution in [0.1, 0.15) is 17.5 Å². The second kappa shape index (κ2) is 10.5. The average molecular weight is 382 g/mol. The lowest BCUT2D eigenvalue weighted by Crippen LogP contribution is -2.48. The van der Waals surface area contributed by atoms with Crippen molar-refractivity contribution >= 4 is 40.3 Å². The largest absolute Gasteiger partial charge is 0.379 e. The molecule has 1 aromatic rings. The minimum Gasteiger partial charge on any atom is -0.379 e. The molecular formula is C17H27N5OS2. The highest BCUT2D eigenvalue weighted by atomic mass is 32.1. The van der Waals surface area contributed by atoms with E-state index in [1.165, 1.54) is 0 Å². The molecular weight excluding hydrogens is 354 g/mol. The van der Waals surface area contributed by atoms with Crippen molar-refractivity contribution in [2.75, 3.05) is 44.7 Å². The summed E-state index contributed by atoms with van der Waals surface area (Å²) in [4.78, 5) is 2.41. The van der Waals surface area contributed by atoms with Gasteiger partial charge in [-0.15, -0.1) is 0 Å². The van der Waals surface area contributed by atoms with Crippen molar-refractivity contribution in [3.63, 3.8) is 0 Å². The first-order chi connectivity index (χ1) is 12.1. The summed E-state index contributed by atoms with van der Waals surface area (Å²) in [5.74, 6) is 0. The van der Waals surface area contributed by atoms with Crippen LogP contribution in [0.4, 0.5) is 5.69 Å². The Morgan fingerprint density at radius 1 is 1.08 bits per heavy atom. The molecule has 0 aromatic heterocycles. The van der Waals surface area contributed by atoms with Crippen LogP contribution in [-0.2, 0) is 4.74 Å². The van der Waals surface area contributed by atoms with E-state index in [1.54, 1.807) is 0 Å². The van der Waals surface area contributed by atoms with Gasteiger partial charge < -0.3 is 15.4 Å². The highest BCUT2D eigenvalue weighted by Crippen LogP contribution is 2.18. The van der Waals surface area contributed by atoms with Crippen LogP contribution in [0.15, 0.2) is 18.2 Å². The zero-order valence-electron chi connectivity index (χ0n) is 14.9. The Bertz CT molecular complexity index is 570. The van der Waals surface area contributed by atoms with Crippen LogP contribution in [0.5, 0.6) is 0 Å². The van der Waals surface area contributed by atoms with Gasteiger partial charge >= 0.3 is 0 Å². The molecule has 0 radical (unpaired) electrons. The maximum atomic E-state index is 5.34. The summed E-state index contributed by atoms with van der Waals surface area (Å²) in [6, 6.07) is 6.12. The second-order valence-electron chi connectivity index (χ2n) is 6.03. The fourth-order valence-corrected chi connectivity index (χ4v) is 2.95. The molecule has 0 atom stereocenters. The first-order valence-corrected chi connectivity index (χ1v) is 9.35. The second-order valence-corrected chi connectivity index (χ2v) is 6.85. The van der Waals surface area contributed by atoms with E-state index in [-0.39, 0.29) is 0 Å². The number of ether oxygens (including phenoxy) is 1. The molecule has 0 unspecified atom stereocenters. The summed E-state index contributed by atoms with van der Waals surface area (Å²) in [5, 5.41) is 7.39. The van der Waals surface area contributed by atoms with Crippen LogP contribution in [0.2, 0.25) is 0 Å². The maximum Gasteiger partial charge on any atom is 0.189 e. The van der Waals surface area contributed by atoms with Gasteiger partial charge in [0.25, 0.3) is 0 Å². The molecule has 6 nitrogen and oxygen atoms in total. The molecule has 0 spiro atoms. The van der Waals surface area contributed by atoms with Gasteiger partial charge in [0, 0.05) is 25.3 Å². The molecule has 4 N–H and O–H groups in total. The van der Waals surface area contributed by atoms with Crippen LogP contribution < -0.4 is 21.5 Å². The number of hydrogen-bond donors (Lipinski definition) is 4. The van der Waals surface area contributed by atoms with Crippen molar-refractivity contribution < 1.29 is 4.74 Å². The summed E-state index contributed by atoms with van der Waals surface area (Å²) in [7, 11) is 0. The summed E-state index contributed by atoms with van der Waals surface area (Å²) >= 11 is 10.6. The Morgan fingerprint density at radius 2 is 1.72 bits per heavy atom. The van der Waals surface area contributed by atoms with Crippen molar-refractivity contribution in [1.29, 1.82) is 0 Å². The Hall–Kier alpha value is -1.48. The number of hydrazine groups is 1. The van der Waals surface area contributed by atoms with Crippen LogP contribution in [-0.4, -0.2) is 54.5 Å². The Labute approximate surface area is 160 Å². The van der Waals surface area contributed by atoms with Gasteiger partial charge in [0.1, 0.15) is 0 Å². The van der Waals surface area contributed by atoms with Crippen molar-refractivity contribution in [1.82, 2.24) is 21.1 Å². The predicted molar refractivity (Wildman–Crippen MR) is 111 cm³/mol. The normalized spacial score (nSPS) is 14.6. The zero-order valence-corrected chi connectivity index (χ0v) is 16.5. The third kappa shape index (κ3) is 7.11. The van der Waals surface area contributed by atoms with Gasteiger partial charge in [-0.1, -0.05) is 18.2 Å². The van der Waals surface area contributed by atoms with Crippen molar-refractivity contribution in [3.05, 3.63) is 29.3 Å². The summed E-state index contributed by atoms with van der Waals surface area (Å²) in [6.07, 6.45) is 1.03. The van der Waals surface area contributed by atoms with E-state index in [9.17, 15) is 0 Å². The van der Waals surface area contributed by atoms with Crippen molar-refractivity contribution in [2.45, 2.75) is 20.3 Å². The molecule has 1 heterocycles. The Morgan fingerprint density at radius 3 is 2.40 bits per heavy atom. The number of thiocarbonyl (C=S) groups is 2. The number of aryl methyl sites for hydroxylation is 2. The fraction of sp³-hybridized carbons (Fsp3) is 0.529. The van der Waals surface area contributed by atoms with E-state index < -0.39 is 0 Å². The van der Waals surface area contributed by atoms with E-state index in [2.05, 4.69) is 26.4 Å². The quantitative estimate of drug-likeness (QED) is 0.349. The van der Waals surface area contributed by atoms with Gasteiger partial charge in [-0.2, -0.15) is 0 Å². The average Bonchev–Trinajstić information content (AvgIpc) is 2.61. The third-order valence-electron chi connectivity index (χ3n) is 4.05. The smallest absolute Gasteiger partial charge is 0.189 e. The topological polar surface area (TPSA) is 60.6 Å². The van der Waals surface area contributed by atoms with Crippen LogP contribution in [0.25, 0.3) is 0 Å². The Kier molecular flexibility index (Phi) is 8.33. The molecule has 1 aliphatic heterocycles. The molecule has 0 saturated carbocycles. The maximum absolute atomic E-state index is 5.34. The first kappa shape index (κ1) is 19.8. The highest BCUT2D eigenvalue weighted by molar-refractivity contribution is 7.80. The van der Waals surface area contributed by atoms with Gasteiger partial charge in [0.15, 0.2) is 10.2 Å². The Balaban J connectivity index is 1.60. The number of benzene rings is 1. The SMILES string of the molecule is Cc1cccc(C)c1NC(=S)NNC(=S)NCCCN1CCOCC1. The molecule has 2 rings (SSSR count). The van der Waals surface area contributed by atoms with Crippen molar-refractivity contribution in [3.8, 4) is 0 Å². The zero-order chi connectivity index (χ0) is 18.1. The van der Waals surface area contributed by atoms with Gasteiger partial charge in [-0.05, 0) is 62.4 Å². The standard InChI is InChI=1S/C17H27N5OS2/c1-13-5-3-6-14(2)15(13)19-17(25)21-20-16(24)18-7-4-8-22-9-11-23-12-10-22/h3,5-6H,4,7-12H2,1-2H3,(H2,18,20,24)(H2,19,21,25). The molecule has 138 valence electrons. The number of nitrogens with one attached hydrogen (secondary N) is 4. The van der Waals surface area contributed by atoms with E-state index in [0.717, 1.165) is 62.6 Å². The minimum atomic E-state index is 0.481. The molecule has 1 aliphatic rings. The van der Waals surface area contributed by atoms with Crippen LogP contribution >= 0.6 is 24.4 Å². The van der Waals surface area contributed by atoms with E-state index in [1.807, 2.05) is 32.0 Å². The molecule has 8 heteroatoms. The van der Waals surface area contributed by atoms with E-state index in [0.29, 0.717) is 10.2 Å². The monoisotopic (exact) mass is 381 g/mol. The predicted octanol–water partition coefficient (Wildman–Crippen LogP) is 1.69. The summed E-state index contributed by atoms with van der Waals surface area (Å²) < 4.78 is 5.34. The summed E-state index contributed by atoms with van der Waals surface area (Å²) in [5.41, 5.74) is 9.14. The lowest BCUT2D eigenvalue weighted by molar-refractivity contribution is 0.0376. The lowest BCUT2D eigenvalue weighted by Gasteiger charge is -2.26. The third-order valence-corrected chi connectivity index (χ3v) is 4.50. The van der Waals surface area contributed by atoms with E-state index in [4.69, 9.17) is 29.2 Å². The number of nitrogens with zero attached hydrogens (tertiary/aromatic N) is 1. The number of para-hydroxylation sites is 1. The number of hydrogen-bond acceptors (Lipinski definition) is 4. The molecule has 0 bridgehead atoms. The van der Waals surface area contributed by atoms with Gasteiger partial charge in [0.2, 0.25) is 0 Å². The molecule has 1 aromatic carbocycles. The molecule has 25 heavy (non-hydrogen) atoms. The van der Waals surface area contributed by atoms with Gasteiger partial charge in [-0.25, -0.2) is 0 Å². The molecule has 1 fully saturated rings. The number of morpholine rings is 1. The van der Waals surface area contributed by atoms with Gasteiger partial charge in [-0.3, -0.25) is 15.8 Å².